The fourth-order valence-corrected chi connectivity index (χ4v) is 1.01. The fraction of sp³-hybridized carbons (Fsp3) is 0.500. The summed E-state index contributed by atoms with van der Waals surface area (Å²) in [5.74, 6) is 0.559. The number of alkyl halides is 2. The molecule has 14 heavy (non-hydrogen) atoms. The predicted octanol–water partition coefficient (Wildman–Crippen LogP) is 2.34. The molecular weight excluding hydrogens is 214 g/mol. The van der Waals surface area contributed by atoms with Gasteiger partial charge in [0.2, 0.25) is 5.88 Å². The van der Waals surface area contributed by atoms with E-state index in [2.05, 4.69) is 9.97 Å². The number of hydrogen-bond acceptors (Lipinski definition) is 3. The van der Waals surface area contributed by atoms with Gasteiger partial charge in [-0.1, -0.05) is 18.5 Å². The van der Waals surface area contributed by atoms with Crippen LogP contribution >= 0.6 is 11.6 Å². The molecule has 1 heterocycles. The molecule has 0 spiro atoms. The van der Waals surface area contributed by atoms with Crippen LogP contribution in [-0.2, 0) is 6.42 Å². The van der Waals surface area contributed by atoms with E-state index in [4.69, 9.17) is 16.3 Å². The molecule has 0 saturated carbocycles. The minimum Gasteiger partial charge on any atom is -0.471 e. The molecule has 0 unspecified atom stereocenters. The summed E-state index contributed by atoms with van der Waals surface area (Å²) in [5.41, 5.74) is 0. The van der Waals surface area contributed by atoms with E-state index in [1.807, 2.05) is 6.92 Å². The highest BCUT2D eigenvalue weighted by Crippen LogP contribution is 2.14. The number of halogens is 3. The molecular formula is C8H9ClF2N2O. The van der Waals surface area contributed by atoms with Crippen molar-refractivity contribution in [2.45, 2.75) is 19.8 Å². The SMILES string of the molecule is CCc1nc(Cl)cc(OCC(F)F)n1. The maximum Gasteiger partial charge on any atom is 0.272 e. The Labute approximate surface area is 85.1 Å². The van der Waals surface area contributed by atoms with Gasteiger partial charge in [-0.2, -0.15) is 4.98 Å². The Balaban J connectivity index is 2.71. The molecule has 0 saturated heterocycles. The fourth-order valence-electron chi connectivity index (χ4n) is 0.822. The first-order valence-electron chi connectivity index (χ1n) is 4.06. The van der Waals surface area contributed by atoms with Gasteiger partial charge in [-0.3, -0.25) is 0 Å². The van der Waals surface area contributed by atoms with Crippen LogP contribution in [0.5, 0.6) is 5.88 Å². The van der Waals surface area contributed by atoms with Crippen molar-refractivity contribution in [1.29, 1.82) is 0 Å². The number of hydrogen-bond donors (Lipinski definition) is 0. The first kappa shape index (κ1) is 11.1. The van der Waals surface area contributed by atoms with Crippen LogP contribution in [0.3, 0.4) is 0 Å². The molecule has 0 aliphatic carbocycles. The van der Waals surface area contributed by atoms with E-state index in [1.54, 1.807) is 0 Å². The molecule has 0 radical (unpaired) electrons. The third-order valence-electron chi connectivity index (χ3n) is 1.39. The number of aryl methyl sites for hydroxylation is 1. The van der Waals surface area contributed by atoms with E-state index in [0.29, 0.717) is 12.2 Å². The topological polar surface area (TPSA) is 35.0 Å². The van der Waals surface area contributed by atoms with Crippen LogP contribution in [0, 0.1) is 0 Å². The first-order chi connectivity index (χ1) is 6.61. The van der Waals surface area contributed by atoms with Crippen LogP contribution in [0.2, 0.25) is 5.15 Å². The van der Waals surface area contributed by atoms with Crippen molar-refractivity contribution in [2.24, 2.45) is 0 Å². The van der Waals surface area contributed by atoms with Gasteiger partial charge >= 0.3 is 0 Å². The Hall–Kier alpha value is -0.970. The van der Waals surface area contributed by atoms with E-state index < -0.39 is 13.0 Å². The van der Waals surface area contributed by atoms with Crippen molar-refractivity contribution in [3.8, 4) is 5.88 Å². The number of aromatic nitrogens is 2. The van der Waals surface area contributed by atoms with Gasteiger partial charge in [-0.25, -0.2) is 13.8 Å². The monoisotopic (exact) mass is 222 g/mol. The van der Waals surface area contributed by atoms with Gasteiger partial charge in [-0.05, 0) is 0 Å². The summed E-state index contributed by atoms with van der Waals surface area (Å²) < 4.78 is 28.3. The van der Waals surface area contributed by atoms with Crippen LogP contribution < -0.4 is 4.74 Å². The second kappa shape index (κ2) is 5.05. The Kier molecular flexibility index (Phi) is 4.00. The van der Waals surface area contributed by atoms with Crippen LogP contribution in [-0.4, -0.2) is 23.0 Å². The van der Waals surface area contributed by atoms with Gasteiger partial charge < -0.3 is 4.74 Å². The molecule has 3 nitrogen and oxygen atoms in total. The Morgan fingerprint density at radius 1 is 1.50 bits per heavy atom. The molecule has 0 bridgehead atoms. The van der Waals surface area contributed by atoms with Crippen LogP contribution in [0.1, 0.15) is 12.7 Å². The van der Waals surface area contributed by atoms with Crippen molar-refractivity contribution in [1.82, 2.24) is 9.97 Å². The third kappa shape index (κ3) is 3.41. The van der Waals surface area contributed by atoms with E-state index in [9.17, 15) is 8.78 Å². The predicted molar refractivity (Wildman–Crippen MR) is 47.9 cm³/mol. The molecule has 1 rings (SSSR count). The average molecular weight is 223 g/mol. The van der Waals surface area contributed by atoms with Crippen molar-refractivity contribution in [3.05, 3.63) is 17.0 Å². The molecule has 0 fully saturated rings. The van der Waals surface area contributed by atoms with Crippen molar-refractivity contribution >= 4 is 11.6 Å². The Morgan fingerprint density at radius 2 is 2.21 bits per heavy atom. The van der Waals surface area contributed by atoms with Gasteiger partial charge in [0.05, 0.1) is 0 Å². The number of nitrogens with zero attached hydrogens (tertiary/aromatic N) is 2. The molecule has 78 valence electrons. The van der Waals surface area contributed by atoms with Crippen molar-refractivity contribution in [2.75, 3.05) is 6.61 Å². The Bertz CT molecular complexity index is 309. The zero-order valence-corrected chi connectivity index (χ0v) is 8.26. The largest absolute Gasteiger partial charge is 0.471 e. The quantitative estimate of drug-likeness (QED) is 0.734. The molecule has 0 N–H and O–H groups in total. The molecule has 0 amide bonds. The molecule has 6 heteroatoms. The highest BCUT2D eigenvalue weighted by Gasteiger charge is 2.06. The van der Waals surface area contributed by atoms with Gasteiger partial charge in [0.1, 0.15) is 11.0 Å². The molecule has 0 atom stereocenters. The van der Waals surface area contributed by atoms with Gasteiger partial charge in [0.15, 0.2) is 6.61 Å². The van der Waals surface area contributed by atoms with Gasteiger partial charge in [0.25, 0.3) is 6.43 Å². The molecule has 1 aromatic rings. The van der Waals surface area contributed by atoms with Crippen molar-refractivity contribution in [3.63, 3.8) is 0 Å². The van der Waals surface area contributed by atoms with Crippen LogP contribution in [0.25, 0.3) is 0 Å². The van der Waals surface area contributed by atoms with E-state index >= 15 is 0 Å². The lowest BCUT2D eigenvalue weighted by Gasteiger charge is -2.05. The van der Waals surface area contributed by atoms with Gasteiger partial charge in [-0.15, -0.1) is 0 Å². The summed E-state index contributed by atoms with van der Waals surface area (Å²) in [4.78, 5) is 7.74. The highest BCUT2D eigenvalue weighted by atomic mass is 35.5. The third-order valence-corrected chi connectivity index (χ3v) is 1.58. The summed E-state index contributed by atoms with van der Waals surface area (Å²) >= 11 is 5.63. The van der Waals surface area contributed by atoms with Crippen LogP contribution in [0.15, 0.2) is 6.07 Å². The first-order valence-corrected chi connectivity index (χ1v) is 4.44. The minimum atomic E-state index is -2.52. The molecule has 0 aliphatic heterocycles. The van der Waals surface area contributed by atoms with Crippen molar-refractivity contribution < 1.29 is 13.5 Å². The van der Waals surface area contributed by atoms with Gasteiger partial charge in [0, 0.05) is 12.5 Å². The average Bonchev–Trinajstić information content (AvgIpc) is 2.14. The van der Waals surface area contributed by atoms with E-state index in [1.165, 1.54) is 6.07 Å². The lowest BCUT2D eigenvalue weighted by molar-refractivity contribution is 0.0794. The second-order valence-corrected chi connectivity index (χ2v) is 2.89. The zero-order valence-electron chi connectivity index (χ0n) is 7.51. The smallest absolute Gasteiger partial charge is 0.272 e. The summed E-state index contributed by atoms with van der Waals surface area (Å²) in [7, 11) is 0. The second-order valence-electron chi connectivity index (χ2n) is 2.50. The highest BCUT2D eigenvalue weighted by molar-refractivity contribution is 6.29. The summed E-state index contributed by atoms with van der Waals surface area (Å²) in [6.45, 7) is 1.15. The maximum atomic E-state index is 11.8. The van der Waals surface area contributed by atoms with E-state index in [0.717, 1.165) is 0 Å². The minimum absolute atomic E-state index is 0.0853. The summed E-state index contributed by atoms with van der Waals surface area (Å²) in [5, 5.41) is 0.195. The summed E-state index contributed by atoms with van der Waals surface area (Å²) in [6, 6.07) is 1.31. The molecule has 0 aromatic carbocycles. The lowest BCUT2D eigenvalue weighted by Crippen LogP contribution is -2.09. The normalized spacial score (nSPS) is 10.6. The van der Waals surface area contributed by atoms with Crippen LogP contribution in [0.4, 0.5) is 8.78 Å². The molecule has 0 aliphatic rings. The Morgan fingerprint density at radius 3 is 2.79 bits per heavy atom. The number of ether oxygens (including phenoxy) is 1. The summed E-state index contributed by atoms with van der Waals surface area (Å²) in [6.07, 6.45) is -1.94. The molecule has 1 aromatic heterocycles. The maximum absolute atomic E-state index is 11.8. The van der Waals surface area contributed by atoms with E-state index in [-0.39, 0.29) is 11.0 Å². The lowest BCUT2D eigenvalue weighted by atomic mass is 10.4. The number of rotatable bonds is 4. The standard InChI is InChI=1S/C8H9ClF2N2O/c1-2-7-12-5(9)3-8(13-7)14-4-6(10)11/h3,6H,2,4H2,1H3. The zero-order chi connectivity index (χ0) is 10.6.